The second-order valence-electron chi connectivity index (χ2n) is 16.2. The Balaban J connectivity index is 1.08. The van der Waals surface area contributed by atoms with Gasteiger partial charge in [-0.15, -0.1) is 0 Å². The molecule has 0 N–H and O–H groups in total. The fourth-order valence-electron chi connectivity index (χ4n) is 9.59. The van der Waals surface area contributed by atoms with E-state index < -0.39 is 16.1 Å². The summed E-state index contributed by atoms with van der Waals surface area (Å²) in [6, 6.07) is 61.1. The molecule has 0 unspecified atom stereocenters. The fraction of sp³-hybridized carbons (Fsp3) is 0.0800. The summed E-state index contributed by atoms with van der Waals surface area (Å²) in [5.74, 6) is 0. The monoisotopic (exact) mass is 725 g/mol. The van der Waals surface area contributed by atoms with Crippen molar-refractivity contribution in [3.8, 4) is 33.4 Å². The van der Waals surface area contributed by atoms with E-state index in [1.54, 1.807) is 0 Å². The van der Waals surface area contributed by atoms with Crippen molar-refractivity contribution in [3.05, 3.63) is 164 Å². The van der Waals surface area contributed by atoms with Gasteiger partial charge in [0.15, 0.2) is 0 Å². The molecule has 258 valence electrons. The second-order valence-corrected chi connectivity index (χ2v) is 24.8. The van der Waals surface area contributed by atoms with Crippen molar-refractivity contribution in [2.45, 2.75) is 26.2 Å². The first-order valence-corrected chi connectivity index (χ1v) is 25.0. The van der Waals surface area contributed by atoms with Crippen LogP contribution in [0.25, 0.3) is 66.1 Å². The van der Waals surface area contributed by atoms with Crippen LogP contribution in [0, 0.1) is 0 Å². The number of benzene rings is 8. The zero-order valence-corrected chi connectivity index (χ0v) is 32.9. The van der Waals surface area contributed by atoms with E-state index in [0.29, 0.717) is 0 Å². The highest BCUT2D eigenvalue weighted by atomic mass is 28.3. The van der Waals surface area contributed by atoms with Gasteiger partial charge in [0.1, 0.15) is 27.3 Å². The average molecular weight is 726 g/mol. The number of anilines is 3. The Morgan fingerprint density at radius 3 is 1.93 bits per heavy atom. The van der Waals surface area contributed by atoms with Gasteiger partial charge < -0.3 is 9.32 Å². The number of nitrogens with zero attached hydrogens (tertiary/aromatic N) is 1. The molecule has 0 saturated carbocycles. The third-order valence-electron chi connectivity index (χ3n) is 12.5. The molecule has 0 fully saturated rings. The van der Waals surface area contributed by atoms with Gasteiger partial charge in [-0.25, -0.2) is 0 Å². The number of hydrogen-bond donors (Lipinski definition) is 0. The summed E-state index contributed by atoms with van der Waals surface area (Å²) in [7, 11) is -3.86. The third-order valence-corrected chi connectivity index (χ3v) is 19.5. The van der Waals surface area contributed by atoms with E-state index in [1.807, 2.05) is 0 Å². The van der Waals surface area contributed by atoms with Crippen LogP contribution in [0.3, 0.4) is 0 Å². The molecule has 0 bridgehead atoms. The average Bonchev–Trinajstić information content (AvgIpc) is 3.78. The Hall–Kier alpha value is -5.95. The molecule has 11 rings (SSSR count). The molecule has 2 aliphatic heterocycles. The number of para-hydroxylation sites is 1. The first-order valence-electron chi connectivity index (χ1n) is 19.0. The maximum absolute atomic E-state index is 6.64. The Bertz CT molecular complexity index is 3010. The first-order chi connectivity index (χ1) is 26.3. The third kappa shape index (κ3) is 4.44. The van der Waals surface area contributed by atoms with Crippen LogP contribution in [0.5, 0.6) is 0 Å². The fourth-order valence-corrected chi connectivity index (χ4v) is 15.7. The summed E-state index contributed by atoms with van der Waals surface area (Å²) in [6.45, 7) is 9.98. The molecule has 0 saturated heterocycles. The van der Waals surface area contributed by atoms with Crippen molar-refractivity contribution < 1.29 is 4.42 Å². The summed E-state index contributed by atoms with van der Waals surface area (Å²) >= 11 is 0. The van der Waals surface area contributed by atoms with E-state index in [9.17, 15) is 0 Å². The normalized spacial score (nSPS) is 14.6. The number of fused-ring (bicyclic) bond motifs is 11. The van der Waals surface area contributed by atoms with Gasteiger partial charge in [0, 0.05) is 33.4 Å². The van der Waals surface area contributed by atoms with E-state index in [4.69, 9.17) is 4.42 Å². The van der Waals surface area contributed by atoms with Crippen LogP contribution in [0.1, 0.15) is 0 Å². The van der Waals surface area contributed by atoms with Crippen LogP contribution in [0.15, 0.2) is 168 Å². The SMILES string of the molecule is C[Si]1(C)c2ccccc2-c2cc(N(c3ccc(-c4ccc5ccccc5c4)cc3)c3ccc4c(c3)[Si](C)(C)c3ccc5c(oc6ccccc65)c3-4)ccc21. The Labute approximate surface area is 318 Å². The first kappa shape index (κ1) is 31.6. The summed E-state index contributed by atoms with van der Waals surface area (Å²) < 4.78 is 6.64. The maximum atomic E-state index is 6.64. The Kier molecular flexibility index (Phi) is 6.60. The highest BCUT2D eigenvalue weighted by Crippen LogP contribution is 2.43. The predicted molar refractivity (Wildman–Crippen MR) is 236 cm³/mol. The minimum Gasteiger partial charge on any atom is -0.455 e. The smallest absolute Gasteiger partial charge is 0.143 e. The molecule has 0 aliphatic carbocycles. The molecular weight excluding hydrogens is 687 g/mol. The van der Waals surface area contributed by atoms with Gasteiger partial charge in [-0.1, -0.05) is 141 Å². The summed E-state index contributed by atoms with van der Waals surface area (Å²) in [6.07, 6.45) is 0. The Morgan fingerprint density at radius 1 is 0.407 bits per heavy atom. The van der Waals surface area contributed by atoms with Crippen LogP contribution < -0.4 is 25.6 Å². The predicted octanol–water partition coefficient (Wildman–Crippen LogP) is 11.5. The van der Waals surface area contributed by atoms with Crippen molar-refractivity contribution >= 4 is 86.7 Å². The lowest BCUT2D eigenvalue weighted by Gasteiger charge is -2.28. The van der Waals surface area contributed by atoms with Gasteiger partial charge >= 0.3 is 0 Å². The molecule has 0 amide bonds. The van der Waals surface area contributed by atoms with Crippen molar-refractivity contribution in [1.82, 2.24) is 0 Å². The van der Waals surface area contributed by atoms with Crippen LogP contribution >= 0.6 is 0 Å². The van der Waals surface area contributed by atoms with Gasteiger partial charge in [-0.3, -0.25) is 0 Å². The van der Waals surface area contributed by atoms with Crippen molar-refractivity contribution in [1.29, 1.82) is 0 Å². The topological polar surface area (TPSA) is 16.4 Å². The molecule has 2 aliphatic rings. The van der Waals surface area contributed by atoms with Crippen molar-refractivity contribution in [3.63, 3.8) is 0 Å². The zero-order valence-electron chi connectivity index (χ0n) is 30.9. The van der Waals surface area contributed by atoms with Gasteiger partial charge in [-0.2, -0.15) is 0 Å². The van der Waals surface area contributed by atoms with Crippen LogP contribution in [-0.4, -0.2) is 16.1 Å². The van der Waals surface area contributed by atoms with E-state index in [1.165, 1.54) is 87.0 Å². The van der Waals surface area contributed by atoms with Gasteiger partial charge in [-0.05, 0) is 108 Å². The Morgan fingerprint density at radius 2 is 1.06 bits per heavy atom. The molecule has 8 aromatic carbocycles. The maximum Gasteiger partial charge on any atom is 0.143 e. The zero-order chi connectivity index (χ0) is 36.3. The lowest BCUT2D eigenvalue weighted by Crippen LogP contribution is -2.49. The minimum atomic E-state index is -2.07. The lowest BCUT2D eigenvalue weighted by atomic mass is 10.00. The second kappa shape index (κ2) is 11.3. The quantitative estimate of drug-likeness (QED) is 0.168. The molecule has 0 atom stereocenters. The van der Waals surface area contributed by atoms with Gasteiger partial charge in [0.25, 0.3) is 0 Å². The van der Waals surface area contributed by atoms with Crippen molar-refractivity contribution in [2.24, 2.45) is 0 Å². The van der Waals surface area contributed by atoms with Gasteiger partial charge in [0.2, 0.25) is 0 Å². The highest BCUT2D eigenvalue weighted by Gasteiger charge is 2.41. The van der Waals surface area contributed by atoms with E-state index >= 15 is 0 Å². The van der Waals surface area contributed by atoms with Crippen LogP contribution in [-0.2, 0) is 0 Å². The number of rotatable bonds is 4. The molecule has 3 heterocycles. The molecular formula is C50H39NOSi2. The molecule has 4 heteroatoms. The van der Waals surface area contributed by atoms with Gasteiger partial charge in [0.05, 0.1) is 0 Å². The largest absolute Gasteiger partial charge is 0.455 e. The number of hydrogen-bond acceptors (Lipinski definition) is 2. The molecule has 0 radical (unpaired) electrons. The lowest BCUT2D eigenvalue weighted by molar-refractivity contribution is 0.670. The molecule has 9 aromatic rings. The molecule has 2 nitrogen and oxygen atoms in total. The van der Waals surface area contributed by atoms with E-state index in [-0.39, 0.29) is 0 Å². The van der Waals surface area contributed by atoms with Crippen LogP contribution in [0.4, 0.5) is 17.1 Å². The van der Waals surface area contributed by atoms with E-state index in [2.05, 4.69) is 195 Å². The highest BCUT2D eigenvalue weighted by molar-refractivity contribution is 7.04. The summed E-state index contributed by atoms with van der Waals surface area (Å²) in [5.41, 5.74) is 13.3. The summed E-state index contributed by atoms with van der Waals surface area (Å²) in [4.78, 5) is 2.48. The van der Waals surface area contributed by atoms with Crippen molar-refractivity contribution in [2.75, 3.05) is 4.90 Å². The van der Waals surface area contributed by atoms with E-state index in [0.717, 1.165) is 16.9 Å². The molecule has 0 spiro atoms. The molecule has 54 heavy (non-hydrogen) atoms. The number of furan rings is 1. The summed E-state index contributed by atoms with van der Waals surface area (Å²) in [5, 5.41) is 10.9. The molecule has 1 aromatic heterocycles. The van der Waals surface area contributed by atoms with Crippen LogP contribution in [0.2, 0.25) is 26.2 Å². The standard InChI is InChI=1S/C50H39NOSi2/c1-53(2)45-16-10-8-14-40(45)43-30-37(24-27-46(43)53)51(36-21-19-33(20-22-36)35-18-17-32-11-5-6-12-34(32)29-35)38-23-25-42-48(31-38)54(3,4)47-28-26-41-39-13-7-9-15-44(39)52-50(41)49(42)47/h5-31H,1-4H3. The minimum absolute atomic E-state index is 0.952.